The Morgan fingerprint density at radius 2 is 1.34 bits per heavy atom. The van der Waals surface area contributed by atoms with Crippen molar-refractivity contribution in [3.05, 3.63) is 90.0 Å². The molecule has 0 spiro atoms. The van der Waals surface area contributed by atoms with Gasteiger partial charge in [0.1, 0.15) is 6.61 Å². The molecule has 0 heterocycles. The molecular formula is C36H44N2O3. The third-order valence-corrected chi connectivity index (χ3v) is 8.91. The van der Waals surface area contributed by atoms with E-state index >= 15 is 0 Å². The van der Waals surface area contributed by atoms with Crippen molar-refractivity contribution in [2.45, 2.75) is 77.0 Å². The number of anilines is 1. The molecule has 2 saturated carbocycles. The number of benzene rings is 3. The maximum atomic E-state index is 14.0. The van der Waals surface area contributed by atoms with Crippen LogP contribution in [0.25, 0.3) is 11.1 Å². The largest absolute Gasteiger partial charge is 0.461 e. The second-order valence-corrected chi connectivity index (χ2v) is 12.0. The topological polar surface area (TPSA) is 49.9 Å². The minimum Gasteiger partial charge on any atom is -0.461 e. The van der Waals surface area contributed by atoms with E-state index in [-0.39, 0.29) is 29.8 Å². The van der Waals surface area contributed by atoms with Crippen molar-refractivity contribution in [1.82, 2.24) is 4.90 Å². The molecule has 2 fully saturated rings. The maximum absolute atomic E-state index is 14.0. The van der Waals surface area contributed by atoms with Crippen LogP contribution in [0.5, 0.6) is 0 Å². The van der Waals surface area contributed by atoms with Gasteiger partial charge < -0.3 is 14.5 Å². The van der Waals surface area contributed by atoms with E-state index in [0.717, 1.165) is 56.1 Å². The summed E-state index contributed by atoms with van der Waals surface area (Å²) in [5.41, 5.74) is 5.66. The Labute approximate surface area is 245 Å². The minimum absolute atomic E-state index is 0.0608. The molecule has 1 amide bonds. The Morgan fingerprint density at radius 3 is 2.00 bits per heavy atom. The van der Waals surface area contributed by atoms with E-state index in [1.807, 2.05) is 44.4 Å². The molecule has 0 aromatic heterocycles. The summed E-state index contributed by atoms with van der Waals surface area (Å²) in [6.45, 7) is 0.890. The predicted molar refractivity (Wildman–Crippen MR) is 165 cm³/mol. The van der Waals surface area contributed by atoms with Crippen LogP contribution < -0.4 is 4.90 Å². The van der Waals surface area contributed by atoms with Gasteiger partial charge in [-0.15, -0.1) is 0 Å². The van der Waals surface area contributed by atoms with E-state index in [0.29, 0.717) is 19.6 Å². The van der Waals surface area contributed by atoms with Gasteiger partial charge in [-0.1, -0.05) is 92.4 Å². The molecule has 216 valence electrons. The first-order valence-corrected chi connectivity index (χ1v) is 15.4. The van der Waals surface area contributed by atoms with Crippen molar-refractivity contribution in [1.29, 1.82) is 0 Å². The highest BCUT2D eigenvalue weighted by Gasteiger charge is 2.36. The van der Waals surface area contributed by atoms with Crippen LogP contribution in [0.2, 0.25) is 0 Å². The number of amides is 1. The lowest BCUT2D eigenvalue weighted by Gasteiger charge is -2.39. The van der Waals surface area contributed by atoms with Crippen LogP contribution in [0, 0.1) is 11.8 Å². The van der Waals surface area contributed by atoms with Gasteiger partial charge in [0.25, 0.3) is 0 Å². The average molecular weight is 553 g/mol. The summed E-state index contributed by atoms with van der Waals surface area (Å²) in [5, 5.41) is 0. The van der Waals surface area contributed by atoms with Crippen LogP contribution in [0.1, 0.15) is 68.9 Å². The zero-order chi connectivity index (χ0) is 28.6. The number of ether oxygens (including phenoxy) is 1. The van der Waals surface area contributed by atoms with Crippen molar-refractivity contribution in [3.8, 4) is 11.1 Å². The summed E-state index contributed by atoms with van der Waals surface area (Å²) < 4.78 is 5.72. The molecule has 3 aromatic carbocycles. The van der Waals surface area contributed by atoms with Crippen LogP contribution in [0.15, 0.2) is 78.9 Å². The van der Waals surface area contributed by atoms with Gasteiger partial charge in [0.2, 0.25) is 5.91 Å². The lowest BCUT2D eigenvalue weighted by molar-refractivity contribution is -0.153. The smallest absolute Gasteiger partial charge is 0.309 e. The first kappa shape index (κ1) is 28.9. The van der Waals surface area contributed by atoms with Crippen LogP contribution in [-0.4, -0.2) is 36.9 Å². The van der Waals surface area contributed by atoms with Crippen molar-refractivity contribution in [2.75, 3.05) is 19.0 Å². The Kier molecular flexibility index (Phi) is 9.76. The molecule has 2 aliphatic rings. The van der Waals surface area contributed by atoms with Gasteiger partial charge in [-0.05, 0) is 66.5 Å². The Hall–Kier alpha value is -3.60. The van der Waals surface area contributed by atoms with E-state index in [1.165, 1.54) is 23.2 Å². The minimum atomic E-state index is -0.161. The van der Waals surface area contributed by atoms with Crippen LogP contribution in [-0.2, 0) is 27.5 Å². The van der Waals surface area contributed by atoms with Gasteiger partial charge in [-0.2, -0.15) is 0 Å². The van der Waals surface area contributed by atoms with Gasteiger partial charge in [0, 0.05) is 38.3 Å². The predicted octanol–water partition coefficient (Wildman–Crippen LogP) is 7.63. The second kappa shape index (κ2) is 13.8. The van der Waals surface area contributed by atoms with Gasteiger partial charge in [-0.3, -0.25) is 9.59 Å². The Bertz CT molecular complexity index is 1260. The molecule has 2 atom stereocenters. The number of nitrogens with zero attached hydrogens (tertiary/aromatic N) is 2. The fraction of sp³-hybridized carbons (Fsp3) is 0.444. The monoisotopic (exact) mass is 552 g/mol. The van der Waals surface area contributed by atoms with Gasteiger partial charge >= 0.3 is 5.97 Å². The molecule has 5 nitrogen and oxygen atoms in total. The molecule has 0 saturated heterocycles. The SMILES string of the molecule is CN(C)c1ccc(-c2ccc(CN(C(=O)C3CCCCC3)C3CCCC(C(=O)OCc4ccccc4)C3)cc2)cc1. The molecular weight excluding hydrogens is 508 g/mol. The normalized spacial score (nSPS) is 19.4. The van der Waals surface area contributed by atoms with Crippen molar-refractivity contribution in [3.63, 3.8) is 0 Å². The molecule has 2 unspecified atom stereocenters. The fourth-order valence-electron chi connectivity index (χ4n) is 6.43. The second-order valence-electron chi connectivity index (χ2n) is 12.0. The molecule has 0 aliphatic heterocycles. The average Bonchev–Trinajstić information content (AvgIpc) is 3.03. The quantitative estimate of drug-likeness (QED) is 0.256. The molecule has 0 bridgehead atoms. The van der Waals surface area contributed by atoms with Crippen molar-refractivity contribution in [2.24, 2.45) is 11.8 Å². The summed E-state index contributed by atoms with van der Waals surface area (Å²) in [6, 6.07) is 27.1. The summed E-state index contributed by atoms with van der Waals surface area (Å²) in [7, 11) is 4.10. The fourth-order valence-corrected chi connectivity index (χ4v) is 6.43. The third kappa shape index (κ3) is 7.58. The van der Waals surface area contributed by atoms with E-state index in [4.69, 9.17) is 4.74 Å². The van der Waals surface area contributed by atoms with E-state index in [1.54, 1.807) is 0 Å². The standard InChI is InChI=1S/C36H44N2O3/c1-37(2)33-22-20-30(21-23-33)29-18-16-27(17-19-29)25-38(35(39)31-12-7-4-8-13-31)34-15-9-14-32(24-34)36(40)41-26-28-10-5-3-6-11-28/h3,5-6,10-11,16-23,31-32,34H,4,7-9,12-15,24-26H2,1-2H3. The Morgan fingerprint density at radius 1 is 0.707 bits per heavy atom. The summed E-state index contributed by atoms with van der Waals surface area (Å²) in [5.74, 6) is 0.0832. The molecule has 2 aliphatic carbocycles. The summed E-state index contributed by atoms with van der Waals surface area (Å²) >= 11 is 0. The van der Waals surface area contributed by atoms with Gasteiger partial charge in [0.15, 0.2) is 0 Å². The van der Waals surface area contributed by atoms with Crippen LogP contribution in [0.3, 0.4) is 0 Å². The molecule has 41 heavy (non-hydrogen) atoms. The number of carbonyl (C=O) groups is 2. The number of hydrogen-bond acceptors (Lipinski definition) is 4. The summed E-state index contributed by atoms with van der Waals surface area (Å²) in [4.78, 5) is 31.3. The summed E-state index contributed by atoms with van der Waals surface area (Å²) in [6.07, 6.45) is 8.83. The number of rotatable bonds is 9. The number of hydrogen-bond donors (Lipinski definition) is 0. The van der Waals surface area contributed by atoms with E-state index < -0.39 is 0 Å². The maximum Gasteiger partial charge on any atom is 0.309 e. The molecule has 3 aromatic rings. The highest BCUT2D eigenvalue weighted by Crippen LogP contribution is 2.34. The van der Waals surface area contributed by atoms with Crippen LogP contribution >= 0.6 is 0 Å². The van der Waals surface area contributed by atoms with E-state index in [2.05, 4.69) is 58.3 Å². The zero-order valence-electron chi connectivity index (χ0n) is 24.6. The van der Waals surface area contributed by atoms with E-state index in [9.17, 15) is 9.59 Å². The Balaban J connectivity index is 1.29. The molecule has 0 N–H and O–H groups in total. The highest BCUT2D eigenvalue weighted by molar-refractivity contribution is 5.79. The lowest BCUT2D eigenvalue weighted by atomic mass is 9.83. The molecule has 0 radical (unpaired) electrons. The van der Waals surface area contributed by atoms with Gasteiger partial charge in [-0.25, -0.2) is 0 Å². The highest BCUT2D eigenvalue weighted by atomic mass is 16.5. The van der Waals surface area contributed by atoms with Gasteiger partial charge in [0.05, 0.1) is 5.92 Å². The van der Waals surface area contributed by atoms with Crippen molar-refractivity contribution >= 4 is 17.6 Å². The zero-order valence-corrected chi connectivity index (χ0v) is 24.6. The first-order chi connectivity index (χ1) is 20.0. The third-order valence-electron chi connectivity index (χ3n) is 8.91. The lowest BCUT2D eigenvalue weighted by Crippen LogP contribution is -2.46. The number of carbonyl (C=O) groups excluding carboxylic acids is 2. The van der Waals surface area contributed by atoms with Crippen LogP contribution in [0.4, 0.5) is 5.69 Å². The first-order valence-electron chi connectivity index (χ1n) is 15.4. The van der Waals surface area contributed by atoms with Crippen molar-refractivity contribution < 1.29 is 14.3 Å². The molecule has 5 rings (SSSR count). The molecule has 5 heteroatoms. The number of esters is 1.